The van der Waals surface area contributed by atoms with Crippen molar-refractivity contribution < 1.29 is 13.9 Å². The number of hydrogen-bond acceptors (Lipinski definition) is 3. The molecule has 0 N–H and O–H groups in total. The molecule has 6 heteroatoms. The van der Waals surface area contributed by atoms with Gasteiger partial charge in [0.2, 0.25) is 0 Å². The second kappa shape index (κ2) is 6.13. The predicted molar refractivity (Wildman–Crippen MR) is 80.3 cm³/mol. The number of rotatable bonds is 2. The van der Waals surface area contributed by atoms with Crippen LogP contribution in [0.1, 0.15) is 21.3 Å². The van der Waals surface area contributed by atoms with E-state index in [2.05, 4.69) is 0 Å². The minimum absolute atomic E-state index is 0.0185. The molecule has 1 atom stereocenters. The molecule has 21 heavy (non-hydrogen) atoms. The van der Waals surface area contributed by atoms with Crippen molar-refractivity contribution >= 4 is 28.8 Å². The van der Waals surface area contributed by atoms with Gasteiger partial charge >= 0.3 is 0 Å². The number of carbonyl (C=O) groups excluding carboxylic acids is 1. The van der Waals surface area contributed by atoms with Gasteiger partial charge in [0.25, 0.3) is 5.91 Å². The summed E-state index contributed by atoms with van der Waals surface area (Å²) in [6.45, 7) is 1.46. The molecule has 1 saturated heterocycles. The van der Waals surface area contributed by atoms with Crippen molar-refractivity contribution in [3.63, 3.8) is 0 Å². The Kier molecular flexibility index (Phi) is 4.24. The average molecular weight is 326 g/mol. The van der Waals surface area contributed by atoms with E-state index in [9.17, 15) is 9.18 Å². The summed E-state index contributed by atoms with van der Waals surface area (Å²) in [7, 11) is 0. The summed E-state index contributed by atoms with van der Waals surface area (Å²) in [5.41, 5.74) is 0.309. The summed E-state index contributed by atoms with van der Waals surface area (Å²) in [5.74, 6) is -0.777. The molecule has 0 unspecified atom stereocenters. The monoisotopic (exact) mass is 325 g/mol. The first kappa shape index (κ1) is 14.5. The summed E-state index contributed by atoms with van der Waals surface area (Å²) in [4.78, 5) is 15.2. The van der Waals surface area contributed by atoms with Gasteiger partial charge in [-0.1, -0.05) is 17.7 Å². The second-order valence-electron chi connectivity index (χ2n) is 4.75. The number of morpholine rings is 1. The van der Waals surface area contributed by atoms with E-state index in [-0.39, 0.29) is 17.0 Å². The van der Waals surface area contributed by atoms with Crippen LogP contribution in [0.3, 0.4) is 0 Å². The van der Waals surface area contributed by atoms with Gasteiger partial charge in [0.15, 0.2) is 0 Å². The molecule has 1 aliphatic rings. The van der Waals surface area contributed by atoms with E-state index in [0.717, 1.165) is 4.88 Å². The van der Waals surface area contributed by atoms with Gasteiger partial charge in [-0.25, -0.2) is 4.39 Å². The number of halogens is 2. The maximum Gasteiger partial charge on any atom is 0.254 e. The van der Waals surface area contributed by atoms with Gasteiger partial charge in [0.05, 0.1) is 18.2 Å². The largest absolute Gasteiger partial charge is 0.369 e. The molecule has 0 aliphatic carbocycles. The number of thiophene rings is 1. The predicted octanol–water partition coefficient (Wildman–Crippen LogP) is 3.75. The number of nitrogens with zero attached hydrogens (tertiary/aromatic N) is 1. The molecule has 110 valence electrons. The summed E-state index contributed by atoms with van der Waals surface area (Å²) in [5, 5.41) is 2.00. The van der Waals surface area contributed by atoms with Gasteiger partial charge in [-0.2, -0.15) is 0 Å². The number of carbonyl (C=O) groups is 1. The molecule has 1 fully saturated rings. The highest BCUT2D eigenvalue weighted by molar-refractivity contribution is 7.10. The maximum absolute atomic E-state index is 13.5. The smallest absolute Gasteiger partial charge is 0.254 e. The molecule has 3 nitrogen and oxygen atoms in total. The highest BCUT2D eigenvalue weighted by Gasteiger charge is 2.27. The molecular formula is C15H13ClFNO2S. The van der Waals surface area contributed by atoms with Crippen molar-refractivity contribution in [2.24, 2.45) is 0 Å². The maximum atomic E-state index is 13.5. The summed E-state index contributed by atoms with van der Waals surface area (Å²) >= 11 is 7.25. The van der Waals surface area contributed by atoms with Crippen LogP contribution in [-0.2, 0) is 4.74 Å². The highest BCUT2D eigenvalue weighted by atomic mass is 35.5. The van der Waals surface area contributed by atoms with Crippen molar-refractivity contribution in [2.75, 3.05) is 19.7 Å². The molecule has 1 aliphatic heterocycles. The van der Waals surface area contributed by atoms with E-state index in [1.54, 1.807) is 22.3 Å². The van der Waals surface area contributed by atoms with Crippen LogP contribution in [0.4, 0.5) is 4.39 Å². The molecule has 2 aromatic rings. The summed E-state index contributed by atoms with van der Waals surface area (Å²) in [6.07, 6.45) is -0.111. The number of hydrogen-bond donors (Lipinski definition) is 0. The lowest BCUT2D eigenvalue weighted by Gasteiger charge is -2.32. The van der Waals surface area contributed by atoms with Crippen molar-refractivity contribution in [3.05, 3.63) is 57.0 Å². The Morgan fingerprint density at radius 2 is 2.29 bits per heavy atom. The fourth-order valence-corrected chi connectivity index (χ4v) is 3.18. The van der Waals surface area contributed by atoms with Crippen LogP contribution in [0.5, 0.6) is 0 Å². The molecule has 1 aromatic heterocycles. The fourth-order valence-electron chi connectivity index (χ4n) is 2.29. The summed E-state index contributed by atoms with van der Waals surface area (Å²) in [6, 6.07) is 8.08. The number of ether oxygens (including phenoxy) is 1. The van der Waals surface area contributed by atoms with Gasteiger partial charge < -0.3 is 9.64 Å². The van der Waals surface area contributed by atoms with Crippen molar-refractivity contribution in [3.8, 4) is 0 Å². The molecule has 1 amide bonds. The van der Waals surface area contributed by atoms with E-state index in [1.807, 2.05) is 17.5 Å². The third-order valence-corrected chi connectivity index (χ3v) is 4.65. The third-order valence-electron chi connectivity index (χ3n) is 3.38. The standard InChI is InChI=1S/C15H13ClFNO2S/c16-11-4-3-10(8-12(11)17)15(19)18-5-6-20-13(9-18)14-2-1-7-21-14/h1-4,7-8,13H,5-6,9H2/t13-/m0/s1. The number of amides is 1. The lowest BCUT2D eigenvalue weighted by Crippen LogP contribution is -2.42. The van der Waals surface area contributed by atoms with Crippen molar-refractivity contribution in [2.45, 2.75) is 6.10 Å². The van der Waals surface area contributed by atoms with E-state index in [0.29, 0.717) is 25.3 Å². The average Bonchev–Trinajstić information content (AvgIpc) is 3.04. The van der Waals surface area contributed by atoms with Gasteiger partial charge in [0.1, 0.15) is 11.9 Å². The van der Waals surface area contributed by atoms with E-state index >= 15 is 0 Å². The van der Waals surface area contributed by atoms with Gasteiger partial charge in [-0.3, -0.25) is 4.79 Å². The first-order valence-electron chi connectivity index (χ1n) is 6.54. The SMILES string of the molecule is O=C(c1ccc(Cl)c(F)c1)N1CCO[C@H](c2cccs2)C1. The summed E-state index contributed by atoms with van der Waals surface area (Å²) < 4.78 is 19.2. The zero-order valence-electron chi connectivity index (χ0n) is 11.1. The van der Waals surface area contributed by atoms with Crippen LogP contribution < -0.4 is 0 Å². The quantitative estimate of drug-likeness (QED) is 0.841. The van der Waals surface area contributed by atoms with Crippen molar-refractivity contribution in [1.82, 2.24) is 4.90 Å². The van der Waals surface area contributed by atoms with Gasteiger partial charge in [-0.05, 0) is 29.6 Å². The lowest BCUT2D eigenvalue weighted by atomic mass is 10.1. The third kappa shape index (κ3) is 3.10. The highest BCUT2D eigenvalue weighted by Crippen LogP contribution is 2.27. The van der Waals surface area contributed by atoms with Crippen LogP contribution in [0.15, 0.2) is 35.7 Å². The van der Waals surface area contributed by atoms with Crippen LogP contribution >= 0.6 is 22.9 Å². The zero-order chi connectivity index (χ0) is 14.8. The molecule has 2 heterocycles. The lowest BCUT2D eigenvalue weighted by molar-refractivity contribution is -0.0211. The Balaban J connectivity index is 1.76. The van der Waals surface area contributed by atoms with Crippen LogP contribution in [0, 0.1) is 5.82 Å². The molecule has 0 radical (unpaired) electrons. The topological polar surface area (TPSA) is 29.5 Å². The fraction of sp³-hybridized carbons (Fsp3) is 0.267. The Morgan fingerprint density at radius 3 is 3.00 bits per heavy atom. The Hall–Kier alpha value is -1.43. The van der Waals surface area contributed by atoms with Crippen LogP contribution in [0.25, 0.3) is 0 Å². The Bertz CT molecular complexity index is 647. The van der Waals surface area contributed by atoms with Crippen LogP contribution in [0.2, 0.25) is 5.02 Å². The van der Waals surface area contributed by atoms with Gasteiger partial charge in [0, 0.05) is 17.0 Å². The minimum atomic E-state index is -0.578. The molecule has 0 spiro atoms. The van der Waals surface area contributed by atoms with Crippen LogP contribution in [-0.4, -0.2) is 30.5 Å². The molecule has 0 bridgehead atoms. The van der Waals surface area contributed by atoms with E-state index < -0.39 is 5.82 Å². The van der Waals surface area contributed by atoms with Crippen molar-refractivity contribution in [1.29, 1.82) is 0 Å². The molecule has 3 rings (SSSR count). The minimum Gasteiger partial charge on any atom is -0.369 e. The Morgan fingerprint density at radius 1 is 1.43 bits per heavy atom. The first-order chi connectivity index (χ1) is 10.1. The first-order valence-corrected chi connectivity index (χ1v) is 7.80. The number of benzene rings is 1. The molecular weight excluding hydrogens is 313 g/mol. The molecule has 0 saturated carbocycles. The normalized spacial score (nSPS) is 18.8. The Labute approximate surface area is 130 Å². The zero-order valence-corrected chi connectivity index (χ0v) is 12.7. The van der Waals surface area contributed by atoms with Gasteiger partial charge in [-0.15, -0.1) is 11.3 Å². The van der Waals surface area contributed by atoms with E-state index in [1.165, 1.54) is 12.1 Å². The second-order valence-corrected chi connectivity index (χ2v) is 6.14. The molecule has 1 aromatic carbocycles. The van der Waals surface area contributed by atoms with E-state index in [4.69, 9.17) is 16.3 Å².